The largest absolute Gasteiger partial charge is 0.361 e. The van der Waals surface area contributed by atoms with E-state index in [9.17, 15) is 0 Å². The highest BCUT2D eigenvalue weighted by Crippen LogP contribution is 2.10. The quantitative estimate of drug-likeness (QED) is 0.548. The van der Waals surface area contributed by atoms with Gasteiger partial charge in [0.25, 0.3) is 0 Å². The minimum absolute atomic E-state index is 1.22. The van der Waals surface area contributed by atoms with Gasteiger partial charge in [0.15, 0.2) is 0 Å². The lowest BCUT2D eigenvalue weighted by molar-refractivity contribution is 1.49. The van der Waals surface area contributed by atoms with Crippen LogP contribution in [0.3, 0.4) is 0 Å². The van der Waals surface area contributed by atoms with Crippen molar-refractivity contribution in [2.24, 2.45) is 0 Å². The summed E-state index contributed by atoms with van der Waals surface area (Å²) < 4.78 is 0. The van der Waals surface area contributed by atoms with Crippen LogP contribution in [-0.2, 0) is 0 Å². The van der Waals surface area contributed by atoms with Gasteiger partial charge in [-0.15, -0.1) is 9.24 Å². The van der Waals surface area contributed by atoms with E-state index in [1.54, 1.807) is 0 Å². The number of benzene rings is 1. The summed E-state index contributed by atoms with van der Waals surface area (Å²) in [5.41, 5.74) is 1.22. The number of hydrogen-bond acceptors (Lipinski definition) is 0. The monoisotopic (exact) mass is 149 g/mol. The van der Waals surface area contributed by atoms with Gasteiger partial charge in [-0.05, 0) is 16.8 Å². The Balaban J connectivity index is 2.95. The first-order valence-electron chi connectivity index (χ1n) is 3.19. The van der Waals surface area contributed by atoms with E-state index in [1.807, 2.05) is 6.20 Å². The highest BCUT2D eigenvalue weighted by atomic mass is 31.0. The lowest BCUT2D eigenvalue weighted by atomic mass is 10.2. The molecule has 0 amide bonds. The molecule has 1 unspecified atom stereocenters. The van der Waals surface area contributed by atoms with Crippen molar-refractivity contribution in [2.75, 3.05) is 0 Å². The van der Waals surface area contributed by atoms with Gasteiger partial charge in [-0.1, -0.05) is 18.2 Å². The molecule has 10 heavy (non-hydrogen) atoms. The van der Waals surface area contributed by atoms with Crippen molar-refractivity contribution in [3.05, 3.63) is 30.5 Å². The third kappa shape index (κ3) is 0.748. The van der Waals surface area contributed by atoms with Gasteiger partial charge in [0.1, 0.15) is 0 Å². The molecule has 0 radical (unpaired) electrons. The zero-order chi connectivity index (χ0) is 6.97. The zero-order valence-electron chi connectivity index (χ0n) is 5.46. The molecule has 1 N–H and O–H groups in total. The Morgan fingerprint density at radius 1 is 1.20 bits per heavy atom. The van der Waals surface area contributed by atoms with Crippen molar-refractivity contribution in [1.29, 1.82) is 0 Å². The Kier molecular flexibility index (Phi) is 1.25. The Hall–Kier alpha value is -0.810. The number of hydrogen-bond donors (Lipinski definition) is 1. The maximum Gasteiger partial charge on any atom is 0.0526 e. The lowest BCUT2D eigenvalue weighted by Gasteiger charge is -1.92. The van der Waals surface area contributed by atoms with E-state index in [1.165, 1.54) is 16.2 Å². The second-order valence-electron chi connectivity index (χ2n) is 2.29. The van der Waals surface area contributed by atoms with Crippen LogP contribution < -0.4 is 5.30 Å². The number of nitrogens with one attached hydrogen (secondary N) is 1. The molecule has 0 bridgehead atoms. The number of H-pyrrole nitrogens is 1. The van der Waals surface area contributed by atoms with Crippen LogP contribution in [0.25, 0.3) is 10.9 Å². The van der Waals surface area contributed by atoms with Crippen LogP contribution in [0.1, 0.15) is 0 Å². The Morgan fingerprint density at radius 3 is 2.90 bits per heavy atom. The molecular formula is C8H8NP. The zero-order valence-corrected chi connectivity index (χ0v) is 6.62. The van der Waals surface area contributed by atoms with E-state index < -0.39 is 0 Å². The molecule has 0 aliphatic carbocycles. The molecule has 2 heteroatoms. The van der Waals surface area contributed by atoms with Crippen LogP contribution in [-0.4, -0.2) is 4.98 Å². The molecule has 2 rings (SSSR count). The van der Waals surface area contributed by atoms with Gasteiger partial charge in [-0.3, -0.25) is 0 Å². The summed E-state index contributed by atoms with van der Waals surface area (Å²) in [6, 6.07) is 8.30. The van der Waals surface area contributed by atoms with E-state index in [2.05, 4.69) is 38.5 Å². The third-order valence-corrected chi connectivity index (χ3v) is 2.10. The van der Waals surface area contributed by atoms with Crippen molar-refractivity contribution in [3.8, 4) is 0 Å². The maximum atomic E-state index is 3.17. The summed E-state index contributed by atoms with van der Waals surface area (Å²) in [6.45, 7) is 0. The summed E-state index contributed by atoms with van der Waals surface area (Å²) in [5, 5.41) is 2.50. The fraction of sp³-hybridized carbons (Fsp3) is 0. The van der Waals surface area contributed by atoms with Gasteiger partial charge < -0.3 is 4.98 Å². The molecular weight excluding hydrogens is 141 g/mol. The standard InChI is InChI=1S/C8H8NP/c10-7-3-1-2-6-4-5-9-8(6)7/h1-5,9H,10H2. The van der Waals surface area contributed by atoms with E-state index >= 15 is 0 Å². The Bertz CT molecular complexity index is 351. The third-order valence-electron chi connectivity index (χ3n) is 1.62. The van der Waals surface area contributed by atoms with E-state index in [4.69, 9.17) is 0 Å². The van der Waals surface area contributed by atoms with Crippen LogP contribution >= 0.6 is 9.24 Å². The predicted molar refractivity (Wildman–Crippen MR) is 47.6 cm³/mol. The minimum Gasteiger partial charge on any atom is -0.361 e. The minimum atomic E-state index is 1.22. The number of rotatable bonds is 0. The Morgan fingerprint density at radius 2 is 2.10 bits per heavy atom. The number of aromatic amines is 1. The second kappa shape index (κ2) is 2.10. The topological polar surface area (TPSA) is 15.8 Å². The molecule has 0 saturated heterocycles. The molecule has 0 fully saturated rings. The molecule has 1 nitrogen and oxygen atoms in total. The highest BCUT2D eigenvalue weighted by molar-refractivity contribution is 7.28. The SMILES string of the molecule is Pc1cccc2cc[nH]c12. The average molecular weight is 149 g/mol. The van der Waals surface area contributed by atoms with Crippen LogP contribution in [0.2, 0.25) is 0 Å². The maximum absolute atomic E-state index is 3.17. The molecule has 2 aromatic rings. The first-order valence-corrected chi connectivity index (χ1v) is 3.77. The summed E-state index contributed by atoms with van der Waals surface area (Å²) in [6.07, 6.45) is 1.96. The molecule has 1 atom stereocenters. The summed E-state index contributed by atoms with van der Waals surface area (Å²) >= 11 is 0. The molecule has 0 aliphatic rings. The van der Waals surface area contributed by atoms with Crippen molar-refractivity contribution in [1.82, 2.24) is 4.98 Å². The summed E-state index contributed by atoms with van der Waals surface area (Å²) in [4.78, 5) is 3.17. The number of para-hydroxylation sites is 1. The van der Waals surface area contributed by atoms with Gasteiger partial charge in [0.05, 0.1) is 5.52 Å². The highest BCUT2D eigenvalue weighted by Gasteiger charge is 1.93. The first-order chi connectivity index (χ1) is 4.88. The second-order valence-corrected chi connectivity index (χ2v) is 2.91. The van der Waals surface area contributed by atoms with Crippen LogP contribution in [0.5, 0.6) is 0 Å². The van der Waals surface area contributed by atoms with Crippen LogP contribution in [0, 0.1) is 0 Å². The van der Waals surface area contributed by atoms with E-state index in [0.717, 1.165) is 0 Å². The molecule has 0 aliphatic heterocycles. The number of fused-ring (bicyclic) bond motifs is 1. The normalized spacial score (nSPS) is 10.5. The smallest absolute Gasteiger partial charge is 0.0526 e. The van der Waals surface area contributed by atoms with Gasteiger partial charge in [-0.25, -0.2) is 0 Å². The molecule has 0 spiro atoms. The van der Waals surface area contributed by atoms with Gasteiger partial charge in [0.2, 0.25) is 0 Å². The Labute approximate surface area is 61.7 Å². The van der Waals surface area contributed by atoms with Crippen LogP contribution in [0.15, 0.2) is 30.5 Å². The lowest BCUT2D eigenvalue weighted by Crippen LogP contribution is -1.89. The molecule has 1 heterocycles. The predicted octanol–water partition coefficient (Wildman–Crippen LogP) is 1.67. The van der Waals surface area contributed by atoms with Gasteiger partial charge in [0, 0.05) is 6.20 Å². The molecule has 50 valence electrons. The van der Waals surface area contributed by atoms with Crippen molar-refractivity contribution in [3.63, 3.8) is 0 Å². The van der Waals surface area contributed by atoms with Crippen molar-refractivity contribution >= 4 is 25.4 Å². The van der Waals surface area contributed by atoms with Crippen LogP contribution in [0.4, 0.5) is 0 Å². The summed E-state index contributed by atoms with van der Waals surface area (Å²) in [7, 11) is 2.70. The average Bonchev–Trinajstić information content (AvgIpc) is 2.36. The fourth-order valence-electron chi connectivity index (χ4n) is 1.11. The number of aromatic nitrogens is 1. The molecule has 1 aromatic heterocycles. The van der Waals surface area contributed by atoms with E-state index in [0.29, 0.717) is 0 Å². The first kappa shape index (κ1) is 5.94. The van der Waals surface area contributed by atoms with Gasteiger partial charge in [-0.2, -0.15) is 0 Å². The van der Waals surface area contributed by atoms with Gasteiger partial charge >= 0.3 is 0 Å². The fourth-order valence-corrected chi connectivity index (χ4v) is 1.47. The van der Waals surface area contributed by atoms with E-state index in [-0.39, 0.29) is 0 Å². The van der Waals surface area contributed by atoms with Crippen molar-refractivity contribution in [2.45, 2.75) is 0 Å². The summed E-state index contributed by atoms with van der Waals surface area (Å²) in [5.74, 6) is 0. The van der Waals surface area contributed by atoms with Crippen molar-refractivity contribution < 1.29 is 0 Å². The molecule has 1 aromatic carbocycles. The molecule has 0 saturated carbocycles.